The van der Waals surface area contributed by atoms with Crippen molar-refractivity contribution in [2.45, 2.75) is 96.7 Å². The van der Waals surface area contributed by atoms with Crippen LogP contribution in [0.1, 0.15) is 67.2 Å². The van der Waals surface area contributed by atoms with Crippen LogP contribution < -0.4 is 20.9 Å². The lowest BCUT2D eigenvalue weighted by Crippen LogP contribution is -2.83. The van der Waals surface area contributed by atoms with Crippen LogP contribution in [0.15, 0.2) is 0 Å². The summed E-state index contributed by atoms with van der Waals surface area (Å²) in [7, 11) is 0.989. The maximum Gasteiger partial charge on any atom is 0.101 e. The topological polar surface area (TPSA) is 48.1 Å². The van der Waals surface area contributed by atoms with Gasteiger partial charge in [-0.15, -0.1) is 0 Å². The summed E-state index contributed by atoms with van der Waals surface area (Å²) in [5.41, 5.74) is -0.111. The molecule has 0 saturated heterocycles. The lowest BCUT2D eigenvalue weighted by Gasteiger charge is -2.57. The molecule has 1 atom stereocenters. The normalized spacial score (nSPS) is 26.9. The average Bonchev–Trinajstić information content (AvgIpc) is 2.30. The molecule has 0 aromatic heterocycles. The molecule has 1 unspecified atom stereocenters. The average molecular weight is 301 g/mol. The maximum atomic E-state index is 3.86. The van der Waals surface area contributed by atoms with Gasteiger partial charge in [0.25, 0.3) is 0 Å². The monoisotopic (exact) mass is 300 g/mol. The molecule has 1 aliphatic carbocycles. The van der Waals surface area contributed by atoms with Gasteiger partial charge in [0.1, 0.15) is 5.66 Å². The molecule has 1 aliphatic rings. The molecule has 1 saturated carbocycles. The Kier molecular flexibility index (Phi) is 6.66. The van der Waals surface area contributed by atoms with Crippen molar-refractivity contribution in [1.29, 1.82) is 0 Å². The number of nitrogens with one attached hydrogen (secondary N) is 4. The molecule has 0 bridgehead atoms. The van der Waals surface area contributed by atoms with Crippen LogP contribution in [0.2, 0.25) is 0 Å². The first-order valence-electron chi connectivity index (χ1n) is 8.29. The minimum absolute atomic E-state index is 0.0415. The second-order valence-electron chi connectivity index (χ2n) is 7.16. The Labute approximate surface area is 128 Å². The van der Waals surface area contributed by atoms with Crippen molar-refractivity contribution < 1.29 is 0 Å². The highest BCUT2D eigenvalue weighted by molar-refractivity contribution is 6.05. The van der Waals surface area contributed by atoms with Crippen LogP contribution in [0.3, 0.4) is 0 Å². The molecular weight excluding hydrogens is 264 g/mol. The van der Waals surface area contributed by atoms with Gasteiger partial charge >= 0.3 is 0 Å². The third-order valence-electron chi connectivity index (χ3n) is 4.11. The van der Waals surface area contributed by atoms with Gasteiger partial charge < -0.3 is 4.98 Å². The number of hydrogen-bond donors (Lipinski definition) is 4. The fraction of sp³-hybridized carbons (Fsp3) is 1.00. The second-order valence-corrected chi connectivity index (χ2v) is 7.66. The van der Waals surface area contributed by atoms with E-state index in [0.29, 0.717) is 18.1 Å². The Morgan fingerprint density at radius 2 is 1.05 bits per heavy atom. The summed E-state index contributed by atoms with van der Waals surface area (Å²) in [4.78, 5) is 3.75. The first kappa shape index (κ1) is 18.1. The van der Waals surface area contributed by atoms with Crippen molar-refractivity contribution in [2.75, 3.05) is 0 Å². The SMILES string of the molecule is CC(C)NC1(N[SiH3])CCCCC1(NC(C)C)NC(C)C. The Bertz CT molecular complexity index is 284. The fourth-order valence-electron chi connectivity index (χ4n) is 3.72. The highest BCUT2D eigenvalue weighted by Crippen LogP contribution is 2.35. The van der Waals surface area contributed by atoms with Gasteiger partial charge in [0.05, 0.1) is 16.1 Å². The zero-order valence-electron chi connectivity index (χ0n) is 14.6. The molecule has 0 spiro atoms. The van der Waals surface area contributed by atoms with Gasteiger partial charge in [-0.3, -0.25) is 16.0 Å². The van der Waals surface area contributed by atoms with E-state index in [-0.39, 0.29) is 11.3 Å². The molecule has 20 heavy (non-hydrogen) atoms. The molecule has 0 aliphatic heterocycles. The van der Waals surface area contributed by atoms with Gasteiger partial charge in [0.15, 0.2) is 0 Å². The molecule has 4 N–H and O–H groups in total. The fourth-order valence-corrected chi connectivity index (χ4v) is 4.54. The van der Waals surface area contributed by atoms with E-state index >= 15 is 0 Å². The van der Waals surface area contributed by atoms with Crippen LogP contribution >= 0.6 is 0 Å². The van der Waals surface area contributed by atoms with E-state index in [1.165, 1.54) is 25.7 Å². The standard InChI is InChI=1S/C15H36N4Si/c1-11(2)16-14(17-12(3)4)9-7-8-10-15(14,19-20)18-13(5)6/h11-13,16-19H,7-10H2,1-6,20H3. The van der Waals surface area contributed by atoms with Crippen molar-refractivity contribution in [3.63, 3.8) is 0 Å². The molecule has 0 radical (unpaired) electrons. The Balaban J connectivity index is 3.16. The van der Waals surface area contributed by atoms with Crippen molar-refractivity contribution in [3.05, 3.63) is 0 Å². The molecule has 120 valence electrons. The zero-order chi connectivity index (χ0) is 15.4. The first-order valence-corrected chi connectivity index (χ1v) is 9.29. The summed E-state index contributed by atoms with van der Waals surface area (Å²) in [5.74, 6) is 0. The van der Waals surface area contributed by atoms with Crippen LogP contribution in [0.4, 0.5) is 0 Å². The highest BCUT2D eigenvalue weighted by Gasteiger charge is 2.52. The van der Waals surface area contributed by atoms with E-state index < -0.39 is 0 Å². The van der Waals surface area contributed by atoms with Crippen molar-refractivity contribution in [3.8, 4) is 0 Å². The van der Waals surface area contributed by atoms with Gasteiger partial charge in [-0.2, -0.15) is 0 Å². The van der Waals surface area contributed by atoms with Gasteiger partial charge in [-0.1, -0.05) is 12.8 Å². The second kappa shape index (κ2) is 7.36. The van der Waals surface area contributed by atoms with Gasteiger partial charge in [-0.25, -0.2) is 0 Å². The smallest absolute Gasteiger partial charge is 0.101 e. The van der Waals surface area contributed by atoms with E-state index in [9.17, 15) is 0 Å². The molecule has 0 aromatic rings. The third kappa shape index (κ3) is 4.04. The Morgan fingerprint density at radius 1 is 0.700 bits per heavy atom. The molecule has 0 aromatic carbocycles. The zero-order valence-corrected chi connectivity index (χ0v) is 16.6. The summed E-state index contributed by atoms with van der Waals surface area (Å²) in [5, 5.41) is 11.6. The van der Waals surface area contributed by atoms with Crippen LogP contribution in [-0.4, -0.2) is 39.9 Å². The van der Waals surface area contributed by atoms with Crippen molar-refractivity contribution >= 4 is 10.4 Å². The molecule has 4 nitrogen and oxygen atoms in total. The maximum absolute atomic E-state index is 3.86. The van der Waals surface area contributed by atoms with E-state index in [1.54, 1.807) is 0 Å². The minimum atomic E-state index is -0.0698. The number of hydrogen-bond acceptors (Lipinski definition) is 4. The Hall–Kier alpha value is 0.0569. The van der Waals surface area contributed by atoms with E-state index in [1.807, 2.05) is 0 Å². The van der Waals surface area contributed by atoms with E-state index in [0.717, 1.165) is 10.4 Å². The molecule has 5 heteroatoms. The van der Waals surface area contributed by atoms with Gasteiger partial charge in [0.2, 0.25) is 0 Å². The lowest BCUT2D eigenvalue weighted by atomic mass is 9.77. The van der Waals surface area contributed by atoms with Crippen LogP contribution in [-0.2, 0) is 0 Å². The molecule has 1 fully saturated rings. The van der Waals surface area contributed by atoms with E-state index in [2.05, 4.69) is 62.5 Å². The minimum Gasteiger partial charge on any atom is -0.326 e. The summed E-state index contributed by atoms with van der Waals surface area (Å²) in [6, 6.07) is 1.39. The van der Waals surface area contributed by atoms with Gasteiger partial charge in [-0.05, 0) is 54.4 Å². The highest BCUT2D eigenvalue weighted by atomic mass is 28.2. The predicted molar refractivity (Wildman–Crippen MR) is 91.8 cm³/mol. The molecule has 0 amide bonds. The van der Waals surface area contributed by atoms with Gasteiger partial charge in [0, 0.05) is 18.1 Å². The van der Waals surface area contributed by atoms with Crippen molar-refractivity contribution in [1.82, 2.24) is 20.9 Å². The lowest BCUT2D eigenvalue weighted by molar-refractivity contribution is 0.0142. The van der Waals surface area contributed by atoms with Crippen LogP contribution in [0.5, 0.6) is 0 Å². The molecular formula is C15H36N4Si. The summed E-state index contributed by atoms with van der Waals surface area (Å²) in [6.45, 7) is 13.4. The third-order valence-corrected chi connectivity index (χ3v) is 4.97. The first-order chi connectivity index (χ1) is 9.27. The Morgan fingerprint density at radius 3 is 1.40 bits per heavy atom. The largest absolute Gasteiger partial charge is 0.326 e. The van der Waals surface area contributed by atoms with E-state index in [4.69, 9.17) is 0 Å². The number of rotatable bonds is 7. The molecule has 1 rings (SSSR count). The summed E-state index contributed by atoms with van der Waals surface area (Å²) >= 11 is 0. The summed E-state index contributed by atoms with van der Waals surface area (Å²) < 4.78 is 0. The summed E-state index contributed by atoms with van der Waals surface area (Å²) in [6.07, 6.45) is 4.91. The quantitative estimate of drug-likeness (QED) is 0.415. The van der Waals surface area contributed by atoms with Crippen LogP contribution in [0, 0.1) is 0 Å². The van der Waals surface area contributed by atoms with Crippen molar-refractivity contribution in [2.24, 2.45) is 0 Å². The molecule has 0 heterocycles. The predicted octanol–water partition coefficient (Wildman–Crippen LogP) is 0.817. The van der Waals surface area contributed by atoms with Crippen LogP contribution in [0.25, 0.3) is 0 Å².